The van der Waals surface area contributed by atoms with E-state index in [4.69, 9.17) is 27.7 Å². The lowest BCUT2D eigenvalue weighted by molar-refractivity contribution is 0.187. The van der Waals surface area contributed by atoms with Crippen LogP contribution in [0.4, 0.5) is 10.5 Å². The average molecular weight is 418 g/mol. The third-order valence-corrected chi connectivity index (χ3v) is 5.20. The number of benzene rings is 1. The van der Waals surface area contributed by atoms with Crippen molar-refractivity contribution in [2.24, 2.45) is 0 Å². The van der Waals surface area contributed by atoms with Gasteiger partial charge in [-0.15, -0.1) is 0 Å². The lowest BCUT2D eigenvalue weighted by Crippen LogP contribution is -2.40. The Hall–Kier alpha value is -2.64. The smallest absolute Gasteiger partial charge is 0.321 e. The summed E-state index contributed by atoms with van der Waals surface area (Å²) in [6, 6.07) is 10.3. The molecular formula is C19H17Cl2N5O2. The van der Waals surface area contributed by atoms with E-state index in [1.165, 1.54) is 0 Å². The Labute approximate surface area is 171 Å². The van der Waals surface area contributed by atoms with Gasteiger partial charge >= 0.3 is 6.03 Å². The topological polar surface area (TPSA) is 84.2 Å². The minimum Gasteiger partial charge on any atom is -0.339 e. The molecular weight excluding hydrogens is 401 g/mol. The number of nitrogens with one attached hydrogen (secondary N) is 1. The first-order valence-electron chi connectivity index (χ1n) is 8.86. The first-order chi connectivity index (χ1) is 13.6. The molecule has 0 aliphatic carbocycles. The summed E-state index contributed by atoms with van der Waals surface area (Å²) in [5, 5.41) is 7.79. The van der Waals surface area contributed by atoms with Crippen molar-refractivity contribution in [1.82, 2.24) is 20.0 Å². The minimum absolute atomic E-state index is 0.115. The molecule has 3 aromatic rings. The first-order valence-corrected chi connectivity index (χ1v) is 9.62. The van der Waals surface area contributed by atoms with Crippen molar-refractivity contribution in [3.8, 4) is 11.5 Å². The highest BCUT2D eigenvalue weighted by Gasteiger charge is 2.28. The molecule has 28 heavy (non-hydrogen) atoms. The van der Waals surface area contributed by atoms with Gasteiger partial charge in [0.25, 0.3) is 0 Å². The lowest BCUT2D eigenvalue weighted by Gasteiger charge is -2.30. The molecule has 1 fully saturated rings. The number of aromatic nitrogens is 3. The summed E-state index contributed by atoms with van der Waals surface area (Å²) >= 11 is 12.1. The number of hydrogen-bond acceptors (Lipinski definition) is 5. The Morgan fingerprint density at radius 2 is 2.00 bits per heavy atom. The Kier molecular flexibility index (Phi) is 5.45. The maximum atomic E-state index is 12.5. The van der Waals surface area contributed by atoms with Gasteiger partial charge in [0.1, 0.15) is 5.69 Å². The SMILES string of the molecule is O=C(Nc1cc(Cl)ccc1Cl)N1CCC(c2nc(-c3ccccn3)no2)CC1. The number of urea groups is 1. The molecule has 4 rings (SSSR count). The third-order valence-electron chi connectivity index (χ3n) is 4.64. The number of nitrogens with zero attached hydrogens (tertiary/aromatic N) is 4. The monoisotopic (exact) mass is 417 g/mol. The van der Waals surface area contributed by atoms with Gasteiger partial charge in [0, 0.05) is 30.2 Å². The van der Waals surface area contributed by atoms with Crippen molar-refractivity contribution in [3.63, 3.8) is 0 Å². The Morgan fingerprint density at radius 3 is 2.75 bits per heavy atom. The maximum absolute atomic E-state index is 12.5. The van der Waals surface area contributed by atoms with Crippen LogP contribution in [-0.2, 0) is 0 Å². The van der Waals surface area contributed by atoms with Crippen LogP contribution in [0.15, 0.2) is 47.1 Å². The van der Waals surface area contributed by atoms with Crippen molar-refractivity contribution in [1.29, 1.82) is 0 Å². The van der Waals surface area contributed by atoms with Gasteiger partial charge in [0.05, 0.1) is 10.7 Å². The van der Waals surface area contributed by atoms with Crippen LogP contribution in [-0.4, -0.2) is 39.1 Å². The van der Waals surface area contributed by atoms with E-state index in [1.54, 1.807) is 29.3 Å². The number of piperidine rings is 1. The second-order valence-electron chi connectivity index (χ2n) is 6.49. The molecule has 9 heteroatoms. The zero-order valence-electron chi connectivity index (χ0n) is 14.8. The molecule has 1 aromatic carbocycles. The molecule has 1 aliphatic rings. The quantitative estimate of drug-likeness (QED) is 0.658. The van der Waals surface area contributed by atoms with Crippen molar-refractivity contribution < 1.29 is 9.32 Å². The predicted molar refractivity (Wildman–Crippen MR) is 107 cm³/mol. The van der Waals surface area contributed by atoms with Crippen molar-refractivity contribution in [2.75, 3.05) is 18.4 Å². The summed E-state index contributed by atoms with van der Waals surface area (Å²) in [4.78, 5) is 23.0. The van der Waals surface area contributed by atoms with Crippen molar-refractivity contribution in [2.45, 2.75) is 18.8 Å². The molecule has 1 saturated heterocycles. The maximum Gasteiger partial charge on any atom is 0.321 e. The van der Waals surface area contributed by atoms with E-state index in [0.29, 0.717) is 46.2 Å². The highest BCUT2D eigenvalue weighted by atomic mass is 35.5. The molecule has 0 spiro atoms. The molecule has 144 valence electrons. The molecule has 1 N–H and O–H groups in total. The van der Waals surface area contributed by atoms with Gasteiger partial charge in [0.15, 0.2) is 0 Å². The molecule has 7 nitrogen and oxygen atoms in total. The molecule has 2 aromatic heterocycles. The van der Waals surface area contributed by atoms with Gasteiger partial charge in [0.2, 0.25) is 11.7 Å². The molecule has 0 bridgehead atoms. The predicted octanol–water partition coefficient (Wildman–Crippen LogP) is 4.85. The van der Waals surface area contributed by atoms with Crippen LogP contribution in [0.3, 0.4) is 0 Å². The molecule has 0 saturated carbocycles. The zero-order valence-corrected chi connectivity index (χ0v) is 16.3. The van der Waals surface area contributed by atoms with E-state index >= 15 is 0 Å². The summed E-state index contributed by atoms with van der Waals surface area (Å²) in [7, 11) is 0. The van der Waals surface area contributed by atoms with Gasteiger partial charge in [-0.05, 0) is 43.2 Å². The fraction of sp³-hybridized carbons (Fsp3) is 0.263. The molecule has 0 radical (unpaired) electrons. The van der Waals surface area contributed by atoms with Gasteiger partial charge in [-0.2, -0.15) is 4.98 Å². The summed E-state index contributed by atoms with van der Waals surface area (Å²) in [6.45, 7) is 1.16. The molecule has 0 unspecified atom stereocenters. The van der Waals surface area contributed by atoms with Crippen LogP contribution in [0.25, 0.3) is 11.5 Å². The van der Waals surface area contributed by atoms with Crippen LogP contribution in [0.2, 0.25) is 10.0 Å². The van der Waals surface area contributed by atoms with Crippen LogP contribution in [0, 0.1) is 0 Å². The van der Waals surface area contributed by atoms with Crippen molar-refractivity contribution >= 4 is 34.9 Å². The van der Waals surface area contributed by atoms with E-state index < -0.39 is 0 Å². The number of pyridine rings is 1. The number of amides is 2. The van der Waals surface area contributed by atoms with E-state index in [-0.39, 0.29) is 11.9 Å². The van der Waals surface area contributed by atoms with Crippen LogP contribution < -0.4 is 5.32 Å². The standard InChI is InChI=1S/C19H17Cl2N5O2/c20-13-4-5-14(21)16(11-13)23-19(27)26-9-6-12(7-10-26)18-24-17(25-28-18)15-3-1-2-8-22-15/h1-5,8,11-12H,6-7,9-10H2,(H,23,27). The highest BCUT2D eigenvalue weighted by molar-refractivity contribution is 6.35. The minimum atomic E-state index is -0.206. The number of anilines is 1. The Bertz CT molecular complexity index is 971. The number of rotatable bonds is 3. The molecule has 3 heterocycles. The normalized spacial score (nSPS) is 14.9. The Balaban J connectivity index is 1.36. The fourth-order valence-corrected chi connectivity index (χ4v) is 3.45. The lowest BCUT2D eigenvalue weighted by atomic mass is 9.97. The van der Waals surface area contributed by atoms with E-state index in [0.717, 1.165) is 12.8 Å². The van der Waals surface area contributed by atoms with Crippen molar-refractivity contribution in [3.05, 3.63) is 58.5 Å². The zero-order chi connectivity index (χ0) is 19.5. The third kappa shape index (κ3) is 4.10. The molecule has 2 amide bonds. The fourth-order valence-electron chi connectivity index (χ4n) is 3.12. The number of halogens is 2. The van der Waals surface area contributed by atoms with E-state index in [2.05, 4.69) is 20.4 Å². The van der Waals surface area contributed by atoms with E-state index in [9.17, 15) is 4.79 Å². The largest absolute Gasteiger partial charge is 0.339 e. The average Bonchev–Trinajstić information content (AvgIpc) is 3.22. The Morgan fingerprint density at radius 1 is 1.18 bits per heavy atom. The summed E-state index contributed by atoms with van der Waals surface area (Å²) in [6.07, 6.45) is 3.16. The molecule has 0 atom stereocenters. The number of likely N-dealkylation sites (tertiary alicyclic amines) is 1. The first kappa shape index (κ1) is 18.7. The van der Waals surface area contributed by atoms with E-state index in [1.807, 2.05) is 18.2 Å². The van der Waals surface area contributed by atoms with Crippen LogP contribution >= 0.6 is 23.2 Å². The second-order valence-corrected chi connectivity index (χ2v) is 7.33. The summed E-state index contributed by atoms with van der Waals surface area (Å²) in [5.74, 6) is 1.17. The highest BCUT2D eigenvalue weighted by Crippen LogP contribution is 2.29. The second kappa shape index (κ2) is 8.16. The van der Waals surface area contributed by atoms with Crippen LogP contribution in [0.1, 0.15) is 24.7 Å². The van der Waals surface area contributed by atoms with Gasteiger partial charge in [-0.1, -0.05) is 34.4 Å². The van der Waals surface area contributed by atoms with Crippen LogP contribution in [0.5, 0.6) is 0 Å². The summed E-state index contributed by atoms with van der Waals surface area (Å²) in [5.41, 5.74) is 1.17. The van der Waals surface area contributed by atoms with Gasteiger partial charge in [-0.3, -0.25) is 4.98 Å². The molecule has 1 aliphatic heterocycles. The number of carbonyl (C=O) groups is 1. The summed E-state index contributed by atoms with van der Waals surface area (Å²) < 4.78 is 5.43. The number of hydrogen-bond donors (Lipinski definition) is 1. The number of carbonyl (C=O) groups excluding carboxylic acids is 1. The van der Waals surface area contributed by atoms with Gasteiger partial charge in [-0.25, -0.2) is 4.79 Å². The van der Waals surface area contributed by atoms with Gasteiger partial charge < -0.3 is 14.7 Å².